The first kappa shape index (κ1) is 16.0. The molecule has 0 aliphatic rings. The van der Waals surface area contributed by atoms with Gasteiger partial charge in [-0.05, 0) is 42.8 Å². The van der Waals surface area contributed by atoms with Gasteiger partial charge in [-0.25, -0.2) is 0 Å². The predicted octanol–water partition coefficient (Wildman–Crippen LogP) is 3.78. The fourth-order valence-corrected chi connectivity index (χ4v) is 3.04. The highest BCUT2D eigenvalue weighted by Crippen LogP contribution is 2.28. The highest BCUT2D eigenvalue weighted by atomic mass is 35.5. The van der Waals surface area contributed by atoms with E-state index in [1.165, 1.54) is 12.1 Å². The molecule has 0 saturated heterocycles. The van der Waals surface area contributed by atoms with Crippen molar-refractivity contribution in [3.05, 3.63) is 63.1 Å². The van der Waals surface area contributed by atoms with Crippen molar-refractivity contribution in [2.45, 2.75) is 11.8 Å². The van der Waals surface area contributed by atoms with Gasteiger partial charge >= 0.3 is 0 Å². The third-order valence-corrected chi connectivity index (χ3v) is 4.41. The molecule has 2 aromatic rings. The second-order valence-corrected chi connectivity index (χ2v) is 6.61. The van der Waals surface area contributed by atoms with Crippen molar-refractivity contribution < 1.29 is 17.8 Å². The van der Waals surface area contributed by atoms with Gasteiger partial charge in [0, 0.05) is 5.56 Å². The standard InChI is InChI=1S/C14H10Cl2O4S/c1-8-7-9(21(18,19)20)5-6-10(8)14(17)13-11(15)3-2-4-12(13)16/h2-7H,1H3,(H,18,19,20). The first-order valence-electron chi connectivity index (χ1n) is 5.78. The van der Waals surface area contributed by atoms with Crippen LogP contribution in [-0.4, -0.2) is 18.8 Å². The van der Waals surface area contributed by atoms with Crippen LogP contribution in [0.15, 0.2) is 41.3 Å². The van der Waals surface area contributed by atoms with Crippen LogP contribution >= 0.6 is 23.2 Å². The zero-order valence-corrected chi connectivity index (χ0v) is 13.1. The average molecular weight is 345 g/mol. The Balaban J connectivity index is 2.55. The SMILES string of the molecule is Cc1cc(S(=O)(=O)O)ccc1C(=O)c1c(Cl)cccc1Cl. The topological polar surface area (TPSA) is 71.4 Å². The molecular formula is C14H10Cl2O4S. The Labute approximate surface area is 132 Å². The molecule has 21 heavy (non-hydrogen) atoms. The summed E-state index contributed by atoms with van der Waals surface area (Å²) in [4.78, 5) is 12.2. The van der Waals surface area contributed by atoms with Gasteiger partial charge in [0.1, 0.15) is 0 Å². The number of carbonyl (C=O) groups excluding carboxylic acids is 1. The second-order valence-electron chi connectivity index (χ2n) is 4.38. The third kappa shape index (κ3) is 3.27. The molecule has 0 fully saturated rings. The van der Waals surface area contributed by atoms with E-state index < -0.39 is 15.9 Å². The molecule has 4 nitrogen and oxygen atoms in total. The van der Waals surface area contributed by atoms with Crippen LogP contribution < -0.4 is 0 Å². The third-order valence-electron chi connectivity index (χ3n) is 2.93. The number of hydrogen-bond donors (Lipinski definition) is 1. The van der Waals surface area contributed by atoms with Gasteiger partial charge < -0.3 is 0 Å². The van der Waals surface area contributed by atoms with Gasteiger partial charge in [-0.1, -0.05) is 29.3 Å². The minimum Gasteiger partial charge on any atom is -0.288 e. The number of halogens is 2. The van der Waals surface area contributed by atoms with Crippen LogP contribution in [0.2, 0.25) is 10.0 Å². The van der Waals surface area contributed by atoms with Gasteiger partial charge in [0.2, 0.25) is 0 Å². The monoisotopic (exact) mass is 344 g/mol. The van der Waals surface area contributed by atoms with Crippen molar-refractivity contribution in [2.75, 3.05) is 0 Å². The molecule has 0 aromatic heterocycles. The molecule has 0 saturated carbocycles. The van der Waals surface area contributed by atoms with E-state index in [0.29, 0.717) is 5.56 Å². The van der Waals surface area contributed by atoms with Gasteiger partial charge in [-0.2, -0.15) is 8.42 Å². The molecule has 0 aliphatic heterocycles. The van der Waals surface area contributed by atoms with Gasteiger partial charge in [0.15, 0.2) is 5.78 Å². The number of hydrogen-bond acceptors (Lipinski definition) is 3. The molecule has 0 aliphatic carbocycles. The number of rotatable bonds is 3. The summed E-state index contributed by atoms with van der Waals surface area (Å²) < 4.78 is 31.1. The number of carbonyl (C=O) groups is 1. The van der Waals surface area contributed by atoms with Crippen LogP contribution in [-0.2, 0) is 10.1 Å². The normalized spacial score (nSPS) is 11.4. The molecule has 0 heterocycles. The maximum Gasteiger partial charge on any atom is 0.294 e. The molecule has 0 atom stereocenters. The van der Waals surface area contributed by atoms with Crippen molar-refractivity contribution in [1.29, 1.82) is 0 Å². The molecule has 7 heteroatoms. The molecule has 2 aromatic carbocycles. The van der Waals surface area contributed by atoms with Gasteiger partial charge in [0.25, 0.3) is 10.1 Å². The Morgan fingerprint density at radius 3 is 2.14 bits per heavy atom. The van der Waals surface area contributed by atoms with Gasteiger partial charge in [0.05, 0.1) is 20.5 Å². The fraction of sp³-hybridized carbons (Fsp3) is 0.0714. The zero-order valence-electron chi connectivity index (χ0n) is 10.8. The Morgan fingerprint density at radius 2 is 1.67 bits per heavy atom. The average Bonchev–Trinajstić information content (AvgIpc) is 2.37. The lowest BCUT2D eigenvalue weighted by Gasteiger charge is -2.09. The van der Waals surface area contributed by atoms with E-state index in [-0.39, 0.29) is 26.1 Å². The summed E-state index contributed by atoms with van der Waals surface area (Å²) in [5.41, 5.74) is 0.812. The summed E-state index contributed by atoms with van der Waals surface area (Å²) in [6.07, 6.45) is 0. The lowest BCUT2D eigenvalue weighted by Crippen LogP contribution is -2.07. The van der Waals surface area contributed by atoms with Gasteiger partial charge in [-0.15, -0.1) is 0 Å². The second kappa shape index (κ2) is 5.77. The quantitative estimate of drug-likeness (QED) is 0.679. The largest absolute Gasteiger partial charge is 0.294 e. The summed E-state index contributed by atoms with van der Waals surface area (Å²) in [6, 6.07) is 8.40. The molecule has 1 N–H and O–H groups in total. The van der Waals surface area contributed by atoms with Crippen LogP contribution in [0.25, 0.3) is 0 Å². The van der Waals surface area contributed by atoms with E-state index in [4.69, 9.17) is 27.8 Å². The molecule has 0 amide bonds. The maximum absolute atomic E-state index is 12.5. The molecule has 2 rings (SSSR count). The Hall–Kier alpha value is -1.40. The molecule has 0 unspecified atom stereocenters. The summed E-state index contributed by atoms with van der Waals surface area (Å²) in [6.45, 7) is 1.56. The summed E-state index contributed by atoms with van der Waals surface area (Å²) in [5.74, 6) is -0.412. The number of ketones is 1. The first-order chi connectivity index (χ1) is 9.71. The van der Waals surface area contributed by atoms with Crippen LogP contribution in [0, 0.1) is 6.92 Å². The summed E-state index contributed by atoms with van der Waals surface area (Å²) >= 11 is 12.0. The van der Waals surface area contributed by atoms with E-state index in [0.717, 1.165) is 6.07 Å². The maximum atomic E-state index is 12.5. The number of aryl methyl sites for hydroxylation is 1. The van der Waals surface area contributed by atoms with Crippen LogP contribution in [0.4, 0.5) is 0 Å². The first-order valence-corrected chi connectivity index (χ1v) is 7.98. The van der Waals surface area contributed by atoms with E-state index in [9.17, 15) is 13.2 Å². The fourth-order valence-electron chi connectivity index (χ4n) is 1.90. The van der Waals surface area contributed by atoms with Crippen LogP contribution in [0.3, 0.4) is 0 Å². The minimum atomic E-state index is -4.31. The molecule has 0 spiro atoms. The Kier molecular flexibility index (Phi) is 4.39. The number of benzene rings is 2. The van der Waals surface area contributed by atoms with Crippen molar-refractivity contribution >= 4 is 39.1 Å². The van der Waals surface area contributed by atoms with Crippen molar-refractivity contribution in [3.63, 3.8) is 0 Å². The summed E-state index contributed by atoms with van der Waals surface area (Å²) in [7, 11) is -4.31. The minimum absolute atomic E-state index is 0.156. The van der Waals surface area contributed by atoms with Crippen molar-refractivity contribution in [3.8, 4) is 0 Å². The van der Waals surface area contributed by atoms with Crippen LogP contribution in [0.5, 0.6) is 0 Å². The molecule has 0 bridgehead atoms. The molecular weight excluding hydrogens is 335 g/mol. The van der Waals surface area contributed by atoms with E-state index in [2.05, 4.69) is 0 Å². The van der Waals surface area contributed by atoms with E-state index >= 15 is 0 Å². The van der Waals surface area contributed by atoms with Crippen molar-refractivity contribution in [2.24, 2.45) is 0 Å². The Morgan fingerprint density at radius 1 is 1.10 bits per heavy atom. The lowest BCUT2D eigenvalue weighted by molar-refractivity contribution is 0.103. The zero-order chi connectivity index (χ0) is 15.8. The van der Waals surface area contributed by atoms with E-state index in [1.807, 2.05) is 0 Å². The predicted molar refractivity (Wildman–Crippen MR) is 80.9 cm³/mol. The van der Waals surface area contributed by atoms with E-state index in [1.54, 1.807) is 25.1 Å². The summed E-state index contributed by atoms with van der Waals surface area (Å²) in [5, 5.41) is 0.427. The highest BCUT2D eigenvalue weighted by molar-refractivity contribution is 7.85. The highest BCUT2D eigenvalue weighted by Gasteiger charge is 2.20. The van der Waals surface area contributed by atoms with Crippen molar-refractivity contribution in [1.82, 2.24) is 0 Å². The van der Waals surface area contributed by atoms with Gasteiger partial charge in [-0.3, -0.25) is 9.35 Å². The van der Waals surface area contributed by atoms with Crippen LogP contribution in [0.1, 0.15) is 21.5 Å². The smallest absolute Gasteiger partial charge is 0.288 e. The lowest BCUT2D eigenvalue weighted by atomic mass is 9.99. The molecule has 0 radical (unpaired) electrons. The molecule has 110 valence electrons. The Bertz CT molecular complexity index is 809.